The number of aliphatic carboxylic acids is 1. The molecule has 0 saturated heterocycles. The Kier molecular flexibility index (Phi) is 3.62. The summed E-state index contributed by atoms with van der Waals surface area (Å²) >= 11 is 0. The first-order valence-electron chi connectivity index (χ1n) is 7.06. The van der Waals surface area contributed by atoms with Gasteiger partial charge in [-0.05, 0) is 49.9 Å². The van der Waals surface area contributed by atoms with Crippen LogP contribution in [0.15, 0.2) is 29.2 Å². The summed E-state index contributed by atoms with van der Waals surface area (Å²) in [6.07, 6.45) is 3.75. The molecule has 0 spiro atoms. The first kappa shape index (κ1) is 14.3. The highest BCUT2D eigenvalue weighted by atomic mass is 32.2. The largest absolute Gasteiger partial charge is 0.480 e. The summed E-state index contributed by atoms with van der Waals surface area (Å²) in [6, 6.07) is 6.78. The van der Waals surface area contributed by atoms with Crippen molar-refractivity contribution in [2.45, 2.75) is 42.7 Å². The van der Waals surface area contributed by atoms with Gasteiger partial charge in [0.05, 0.1) is 4.90 Å². The number of nitrogens with one attached hydrogen (secondary N) is 1. The van der Waals surface area contributed by atoms with Crippen LogP contribution in [0, 0.1) is 0 Å². The van der Waals surface area contributed by atoms with E-state index in [1.807, 2.05) is 4.90 Å². The molecule has 1 aromatic carbocycles. The van der Waals surface area contributed by atoms with Crippen LogP contribution in [0.3, 0.4) is 0 Å². The zero-order valence-electron chi connectivity index (χ0n) is 11.5. The molecule has 21 heavy (non-hydrogen) atoms. The van der Waals surface area contributed by atoms with Crippen molar-refractivity contribution in [1.82, 2.24) is 4.72 Å². The van der Waals surface area contributed by atoms with Crippen LogP contribution in [0.4, 0.5) is 5.69 Å². The second kappa shape index (κ2) is 5.31. The molecule has 0 radical (unpaired) electrons. The Bertz CT molecular complexity index is 633. The van der Waals surface area contributed by atoms with Gasteiger partial charge in [-0.1, -0.05) is 0 Å². The number of hydrogen-bond acceptors (Lipinski definition) is 4. The molecule has 3 rings (SSSR count). The standard InChI is InChI=1S/C14H18N2O4S/c17-14(18)9-16(11-3-4-11)12-5-7-13(8-6-12)21(19,20)15-10-1-2-10/h5-8,10-11,15H,1-4,9H2,(H,17,18). The zero-order valence-corrected chi connectivity index (χ0v) is 12.3. The summed E-state index contributed by atoms with van der Waals surface area (Å²) in [5.74, 6) is -0.881. The van der Waals surface area contributed by atoms with Gasteiger partial charge in [-0.2, -0.15) is 0 Å². The van der Waals surface area contributed by atoms with Crippen molar-refractivity contribution in [1.29, 1.82) is 0 Å². The third-order valence-corrected chi connectivity index (χ3v) is 5.21. The van der Waals surface area contributed by atoms with Gasteiger partial charge < -0.3 is 10.0 Å². The van der Waals surface area contributed by atoms with Gasteiger partial charge in [0, 0.05) is 17.8 Å². The molecule has 0 atom stereocenters. The minimum Gasteiger partial charge on any atom is -0.480 e. The predicted molar refractivity (Wildman–Crippen MR) is 77.8 cm³/mol. The Labute approximate surface area is 123 Å². The van der Waals surface area contributed by atoms with Crippen LogP contribution in [0.25, 0.3) is 0 Å². The van der Waals surface area contributed by atoms with Gasteiger partial charge in [0.25, 0.3) is 0 Å². The Morgan fingerprint density at radius 2 is 1.81 bits per heavy atom. The summed E-state index contributed by atoms with van der Waals surface area (Å²) in [5, 5.41) is 8.96. The predicted octanol–water partition coefficient (Wildman–Crippen LogP) is 1.18. The molecule has 1 aromatic rings. The van der Waals surface area contributed by atoms with E-state index in [1.165, 1.54) is 12.1 Å². The number of carboxylic acids is 1. The van der Waals surface area contributed by atoms with Crippen LogP contribution in [-0.4, -0.2) is 38.1 Å². The number of rotatable bonds is 7. The van der Waals surface area contributed by atoms with E-state index < -0.39 is 16.0 Å². The average Bonchev–Trinajstić information content (AvgIpc) is 3.29. The fourth-order valence-corrected chi connectivity index (χ4v) is 3.57. The number of nitrogens with zero attached hydrogens (tertiary/aromatic N) is 1. The van der Waals surface area contributed by atoms with E-state index in [9.17, 15) is 13.2 Å². The Balaban J connectivity index is 1.77. The number of anilines is 1. The SMILES string of the molecule is O=C(O)CN(c1ccc(S(=O)(=O)NC2CC2)cc1)C1CC1. The van der Waals surface area contributed by atoms with Crippen LogP contribution in [0.1, 0.15) is 25.7 Å². The van der Waals surface area contributed by atoms with Gasteiger partial charge in [-0.25, -0.2) is 13.1 Å². The number of hydrogen-bond donors (Lipinski definition) is 2. The number of benzene rings is 1. The molecule has 7 heteroatoms. The third-order valence-electron chi connectivity index (χ3n) is 3.67. The monoisotopic (exact) mass is 310 g/mol. The van der Waals surface area contributed by atoms with E-state index in [0.29, 0.717) is 0 Å². The topological polar surface area (TPSA) is 86.7 Å². The van der Waals surface area contributed by atoms with Gasteiger partial charge in [-0.15, -0.1) is 0 Å². The van der Waals surface area contributed by atoms with Crippen LogP contribution < -0.4 is 9.62 Å². The zero-order chi connectivity index (χ0) is 15.0. The highest BCUT2D eigenvalue weighted by molar-refractivity contribution is 7.89. The summed E-state index contributed by atoms with van der Waals surface area (Å²) in [6.45, 7) is -0.0584. The molecule has 2 saturated carbocycles. The fraction of sp³-hybridized carbons (Fsp3) is 0.500. The van der Waals surface area contributed by atoms with E-state index in [4.69, 9.17) is 5.11 Å². The summed E-state index contributed by atoms with van der Waals surface area (Å²) in [4.78, 5) is 13.0. The highest BCUT2D eigenvalue weighted by Crippen LogP contribution is 2.32. The minimum absolute atomic E-state index is 0.0584. The van der Waals surface area contributed by atoms with Crippen molar-refractivity contribution < 1.29 is 18.3 Å². The van der Waals surface area contributed by atoms with Crippen molar-refractivity contribution in [3.8, 4) is 0 Å². The first-order valence-corrected chi connectivity index (χ1v) is 8.55. The van der Waals surface area contributed by atoms with E-state index in [0.717, 1.165) is 31.4 Å². The molecular formula is C14H18N2O4S. The van der Waals surface area contributed by atoms with E-state index in [2.05, 4.69) is 4.72 Å². The lowest BCUT2D eigenvalue weighted by atomic mass is 10.3. The highest BCUT2D eigenvalue weighted by Gasteiger charge is 2.31. The van der Waals surface area contributed by atoms with E-state index in [-0.39, 0.29) is 23.5 Å². The van der Waals surface area contributed by atoms with Crippen molar-refractivity contribution in [3.05, 3.63) is 24.3 Å². The average molecular weight is 310 g/mol. The number of carboxylic acid groups (broad SMARTS) is 1. The van der Waals surface area contributed by atoms with Crippen LogP contribution in [-0.2, 0) is 14.8 Å². The summed E-state index contributed by atoms with van der Waals surface area (Å²) in [7, 11) is -3.45. The van der Waals surface area contributed by atoms with Crippen LogP contribution in [0.2, 0.25) is 0 Å². The lowest BCUT2D eigenvalue weighted by molar-refractivity contribution is -0.135. The molecule has 0 aromatic heterocycles. The number of carbonyl (C=O) groups is 1. The molecule has 0 amide bonds. The second-order valence-corrected chi connectivity index (χ2v) is 7.36. The maximum Gasteiger partial charge on any atom is 0.323 e. The molecule has 0 aliphatic heterocycles. The van der Waals surface area contributed by atoms with Crippen LogP contribution in [0.5, 0.6) is 0 Å². The van der Waals surface area contributed by atoms with Gasteiger partial charge in [0.15, 0.2) is 0 Å². The van der Waals surface area contributed by atoms with Gasteiger partial charge in [0.2, 0.25) is 10.0 Å². The molecule has 2 N–H and O–H groups in total. The third kappa shape index (κ3) is 3.54. The molecule has 114 valence electrons. The van der Waals surface area contributed by atoms with E-state index >= 15 is 0 Å². The molecule has 0 unspecified atom stereocenters. The summed E-state index contributed by atoms with van der Waals surface area (Å²) in [5.41, 5.74) is 0.755. The first-order chi connectivity index (χ1) is 9.95. The maximum atomic E-state index is 12.1. The Morgan fingerprint density at radius 3 is 2.29 bits per heavy atom. The Hall–Kier alpha value is -1.60. The minimum atomic E-state index is -3.45. The lowest BCUT2D eigenvalue weighted by Gasteiger charge is -2.22. The molecule has 2 fully saturated rings. The van der Waals surface area contributed by atoms with Gasteiger partial charge in [0.1, 0.15) is 6.54 Å². The smallest absolute Gasteiger partial charge is 0.323 e. The quantitative estimate of drug-likeness (QED) is 0.790. The van der Waals surface area contributed by atoms with Crippen LogP contribution >= 0.6 is 0 Å². The van der Waals surface area contributed by atoms with E-state index in [1.54, 1.807) is 12.1 Å². The van der Waals surface area contributed by atoms with Crippen molar-refractivity contribution >= 4 is 21.7 Å². The second-order valence-electron chi connectivity index (χ2n) is 5.64. The number of sulfonamides is 1. The normalized spacial score (nSPS) is 18.5. The van der Waals surface area contributed by atoms with Crippen molar-refractivity contribution in [3.63, 3.8) is 0 Å². The fourth-order valence-electron chi connectivity index (χ4n) is 2.27. The molecule has 2 aliphatic rings. The molecular weight excluding hydrogens is 292 g/mol. The lowest BCUT2D eigenvalue weighted by Crippen LogP contribution is -2.31. The molecule has 2 aliphatic carbocycles. The molecule has 6 nitrogen and oxygen atoms in total. The Morgan fingerprint density at radius 1 is 1.19 bits per heavy atom. The molecule has 0 heterocycles. The molecule has 0 bridgehead atoms. The maximum absolute atomic E-state index is 12.1. The van der Waals surface area contributed by atoms with Gasteiger partial charge >= 0.3 is 5.97 Å². The van der Waals surface area contributed by atoms with Crippen molar-refractivity contribution in [2.24, 2.45) is 0 Å². The summed E-state index contributed by atoms with van der Waals surface area (Å²) < 4.78 is 26.8. The van der Waals surface area contributed by atoms with Crippen molar-refractivity contribution in [2.75, 3.05) is 11.4 Å². The van der Waals surface area contributed by atoms with Gasteiger partial charge in [-0.3, -0.25) is 4.79 Å².